The lowest BCUT2D eigenvalue weighted by atomic mass is 10.2. The van der Waals surface area contributed by atoms with E-state index in [1.807, 2.05) is 18.2 Å². The summed E-state index contributed by atoms with van der Waals surface area (Å²) in [6.45, 7) is 2.12. The SMILES string of the molecule is O=C(c1ccoc1)N1CCN(C(=O)C2COc3ccccc3O2)CC1. The average Bonchev–Trinajstić information content (AvgIpc) is 3.21. The largest absolute Gasteiger partial charge is 0.485 e. The van der Waals surface area contributed by atoms with Crippen molar-refractivity contribution in [2.45, 2.75) is 6.10 Å². The van der Waals surface area contributed by atoms with Crippen LogP contribution in [-0.2, 0) is 4.79 Å². The lowest BCUT2D eigenvalue weighted by Gasteiger charge is -2.37. The number of hydrogen-bond acceptors (Lipinski definition) is 5. The maximum Gasteiger partial charge on any atom is 0.267 e. The second kappa shape index (κ2) is 6.51. The Kier molecular flexibility index (Phi) is 4.05. The van der Waals surface area contributed by atoms with E-state index in [4.69, 9.17) is 13.9 Å². The molecule has 4 rings (SSSR count). The smallest absolute Gasteiger partial charge is 0.267 e. The van der Waals surface area contributed by atoms with E-state index in [0.717, 1.165) is 0 Å². The van der Waals surface area contributed by atoms with E-state index >= 15 is 0 Å². The van der Waals surface area contributed by atoms with Crippen LogP contribution >= 0.6 is 0 Å². The second-order valence-corrected chi connectivity index (χ2v) is 5.99. The van der Waals surface area contributed by atoms with Gasteiger partial charge in [0.15, 0.2) is 11.5 Å². The number of carbonyl (C=O) groups excluding carboxylic acids is 2. The first-order valence-corrected chi connectivity index (χ1v) is 8.21. The Labute approximate surface area is 144 Å². The molecule has 0 spiro atoms. The van der Waals surface area contributed by atoms with Gasteiger partial charge in [0.25, 0.3) is 11.8 Å². The number of hydrogen-bond donors (Lipinski definition) is 0. The first kappa shape index (κ1) is 15.6. The Morgan fingerprint density at radius 1 is 0.960 bits per heavy atom. The zero-order valence-corrected chi connectivity index (χ0v) is 13.6. The topological polar surface area (TPSA) is 72.2 Å². The summed E-state index contributed by atoms with van der Waals surface area (Å²) in [4.78, 5) is 28.4. The van der Waals surface area contributed by atoms with Crippen molar-refractivity contribution in [3.8, 4) is 11.5 Å². The number of fused-ring (bicyclic) bond motifs is 1. The van der Waals surface area contributed by atoms with Gasteiger partial charge in [-0.25, -0.2) is 0 Å². The molecule has 2 aromatic rings. The molecule has 1 atom stereocenters. The van der Waals surface area contributed by atoms with Crippen LogP contribution in [-0.4, -0.2) is 60.5 Å². The highest BCUT2D eigenvalue weighted by Crippen LogP contribution is 2.31. The first-order chi connectivity index (χ1) is 12.2. The summed E-state index contributed by atoms with van der Waals surface area (Å²) < 4.78 is 16.3. The Hall–Kier alpha value is -2.96. The van der Waals surface area contributed by atoms with Gasteiger partial charge in [-0.05, 0) is 18.2 Å². The molecule has 2 amide bonds. The number of ether oxygens (including phenoxy) is 2. The summed E-state index contributed by atoms with van der Waals surface area (Å²) in [5.41, 5.74) is 0.528. The summed E-state index contributed by atoms with van der Waals surface area (Å²) in [5.74, 6) is 1.06. The van der Waals surface area contributed by atoms with Crippen molar-refractivity contribution in [2.75, 3.05) is 32.8 Å². The summed E-state index contributed by atoms with van der Waals surface area (Å²) in [7, 11) is 0. The van der Waals surface area contributed by atoms with Crippen molar-refractivity contribution in [3.05, 3.63) is 48.4 Å². The van der Waals surface area contributed by atoms with Crippen molar-refractivity contribution >= 4 is 11.8 Å². The molecule has 0 aliphatic carbocycles. The van der Waals surface area contributed by atoms with E-state index in [9.17, 15) is 9.59 Å². The lowest BCUT2D eigenvalue weighted by Crippen LogP contribution is -2.55. The quantitative estimate of drug-likeness (QED) is 0.825. The van der Waals surface area contributed by atoms with Crippen LogP contribution < -0.4 is 9.47 Å². The minimum Gasteiger partial charge on any atom is -0.485 e. The number of benzene rings is 1. The van der Waals surface area contributed by atoms with Gasteiger partial charge in [0.05, 0.1) is 11.8 Å². The molecule has 7 nitrogen and oxygen atoms in total. The molecule has 1 aromatic heterocycles. The maximum atomic E-state index is 12.7. The highest BCUT2D eigenvalue weighted by atomic mass is 16.6. The molecular weight excluding hydrogens is 324 g/mol. The molecule has 1 fully saturated rings. The van der Waals surface area contributed by atoms with Crippen LogP contribution in [0.15, 0.2) is 47.3 Å². The molecule has 0 saturated carbocycles. The Morgan fingerprint density at radius 2 is 1.68 bits per heavy atom. The number of nitrogens with zero attached hydrogens (tertiary/aromatic N) is 2. The van der Waals surface area contributed by atoms with E-state index in [2.05, 4.69) is 0 Å². The Balaban J connectivity index is 1.35. The van der Waals surface area contributed by atoms with Gasteiger partial charge in [0.2, 0.25) is 6.10 Å². The van der Waals surface area contributed by atoms with Crippen molar-refractivity contribution in [2.24, 2.45) is 0 Å². The third kappa shape index (κ3) is 3.05. The first-order valence-electron chi connectivity index (χ1n) is 8.21. The van der Waals surface area contributed by atoms with Gasteiger partial charge in [-0.3, -0.25) is 9.59 Å². The van der Waals surface area contributed by atoms with Gasteiger partial charge in [-0.15, -0.1) is 0 Å². The fourth-order valence-corrected chi connectivity index (χ4v) is 3.04. The van der Waals surface area contributed by atoms with E-state index < -0.39 is 6.10 Å². The standard InChI is InChI=1S/C18H18N2O5/c21-17(13-5-10-23-11-13)19-6-8-20(9-7-19)18(22)16-12-24-14-3-1-2-4-15(14)25-16/h1-5,10-11,16H,6-9,12H2. The third-order valence-corrected chi connectivity index (χ3v) is 4.43. The van der Waals surface area contributed by atoms with Crippen LogP contribution in [0.2, 0.25) is 0 Å². The summed E-state index contributed by atoms with van der Waals surface area (Å²) in [6, 6.07) is 8.95. The fraction of sp³-hybridized carbons (Fsp3) is 0.333. The molecule has 3 heterocycles. The second-order valence-electron chi connectivity index (χ2n) is 5.99. The van der Waals surface area contributed by atoms with E-state index in [1.165, 1.54) is 12.5 Å². The highest BCUT2D eigenvalue weighted by molar-refractivity contribution is 5.94. The summed E-state index contributed by atoms with van der Waals surface area (Å²) in [5, 5.41) is 0. The molecule has 130 valence electrons. The van der Waals surface area contributed by atoms with Crippen LogP contribution in [0.5, 0.6) is 11.5 Å². The molecule has 25 heavy (non-hydrogen) atoms. The van der Waals surface area contributed by atoms with Crippen molar-refractivity contribution in [1.29, 1.82) is 0 Å². The number of amides is 2. The predicted octanol–water partition coefficient (Wildman–Crippen LogP) is 1.40. The van der Waals surface area contributed by atoms with Crippen LogP contribution in [0.25, 0.3) is 0 Å². The third-order valence-electron chi connectivity index (χ3n) is 4.43. The molecular formula is C18H18N2O5. The molecule has 1 saturated heterocycles. The monoisotopic (exact) mass is 342 g/mol. The molecule has 2 aliphatic rings. The van der Waals surface area contributed by atoms with Gasteiger partial charge >= 0.3 is 0 Å². The molecule has 0 bridgehead atoms. The normalized spacial score (nSPS) is 19.6. The lowest BCUT2D eigenvalue weighted by molar-refractivity contribution is -0.142. The summed E-state index contributed by atoms with van der Waals surface area (Å²) in [6.07, 6.45) is 2.27. The minimum atomic E-state index is -0.647. The van der Waals surface area contributed by atoms with Crippen LogP contribution in [0.3, 0.4) is 0 Å². The van der Waals surface area contributed by atoms with Crippen molar-refractivity contribution in [1.82, 2.24) is 9.80 Å². The zero-order chi connectivity index (χ0) is 17.2. The van der Waals surface area contributed by atoms with Crippen molar-refractivity contribution < 1.29 is 23.5 Å². The number of para-hydroxylation sites is 2. The number of piperazine rings is 1. The highest BCUT2D eigenvalue weighted by Gasteiger charge is 2.33. The zero-order valence-electron chi connectivity index (χ0n) is 13.6. The van der Waals surface area contributed by atoms with Gasteiger partial charge < -0.3 is 23.7 Å². The minimum absolute atomic E-state index is 0.0768. The fourth-order valence-electron chi connectivity index (χ4n) is 3.04. The molecule has 1 unspecified atom stereocenters. The number of rotatable bonds is 2. The van der Waals surface area contributed by atoms with E-state index in [0.29, 0.717) is 43.2 Å². The number of carbonyl (C=O) groups is 2. The van der Waals surface area contributed by atoms with Gasteiger partial charge in [0, 0.05) is 26.2 Å². The van der Waals surface area contributed by atoms with Crippen LogP contribution in [0.1, 0.15) is 10.4 Å². The summed E-state index contributed by atoms with van der Waals surface area (Å²) >= 11 is 0. The predicted molar refractivity (Wildman–Crippen MR) is 87.5 cm³/mol. The van der Waals surface area contributed by atoms with E-state index in [1.54, 1.807) is 21.9 Å². The average molecular weight is 342 g/mol. The molecule has 0 N–H and O–H groups in total. The molecule has 2 aliphatic heterocycles. The maximum absolute atomic E-state index is 12.7. The molecule has 1 aromatic carbocycles. The van der Waals surface area contributed by atoms with E-state index in [-0.39, 0.29) is 18.4 Å². The van der Waals surface area contributed by atoms with Crippen LogP contribution in [0.4, 0.5) is 0 Å². The van der Waals surface area contributed by atoms with Gasteiger partial charge in [0.1, 0.15) is 12.9 Å². The molecule has 0 radical (unpaired) electrons. The van der Waals surface area contributed by atoms with Crippen LogP contribution in [0, 0.1) is 0 Å². The number of furan rings is 1. The van der Waals surface area contributed by atoms with Gasteiger partial charge in [-0.2, -0.15) is 0 Å². The molecule has 7 heteroatoms. The van der Waals surface area contributed by atoms with Crippen molar-refractivity contribution in [3.63, 3.8) is 0 Å². The Morgan fingerprint density at radius 3 is 2.40 bits per heavy atom. The van der Waals surface area contributed by atoms with Gasteiger partial charge in [-0.1, -0.05) is 12.1 Å². The Bertz CT molecular complexity index is 766.